The molecule has 6 heteroatoms. The zero-order valence-electron chi connectivity index (χ0n) is 11.2. The third-order valence-corrected chi connectivity index (χ3v) is 3.22. The van der Waals surface area contributed by atoms with Gasteiger partial charge in [-0.3, -0.25) is 4.79 Å². The number of hydrogen-bond acceptors (Lipinski definition) is 4. The molecule has 1 aromatic carbocycles. The second kappa shape index (κ2) is 6.49. The fourth-order valence-electron chi connectivity index (χ4n) is 2.10. The molecule has 1 aliphatic heterocycles. The summed E-state index contributed by atoms with van der Waals surface area (Å²) in [5.74, 6) is -0.552. The summed E-state index contributed by atoms with van der Waals surface area (Å²) in [5.41, 5.74) is 0.990. The number of benzene rings is 1. The van der Waals surface area contributed by atoms with Crippen molar-refractivity contribution < 1.29 is 24.2 Å². The van der Waals surface area contributed by atoms with Gasteiger partial charge in [-0.05, 0) is 12.5 Å². The molecule has 0 aromatic heterocycles. The van der Waals surface area contributed by atoms with Crippen molar-refractivity contribution in [3.63, 3.8) is 0 Å². The minimum absolute atomic E-state index is 0.161. The summed E-state index contributed by atoms with van der Waals surface area (Å²) >= 11 is 0. The average molecular weight is 279 g/mol. The van der Waals surface area contributed by atoms with Crippen LogP contribution in [0.1, 0.15) is 12.5 Å². The fraction of sp³-hybridized carbons (Fsp3) is 0.429. The number of carbonyl (C=O) groups is 2. The average Bonchev–Trinajstić information content (AvgIpc) is 2.45. The van der Waals surface area contributed by atoms with Crippen LogP contribution in [0.4, 0.5) is 4.79 Å². The zero-order valence-corrected chi connectivity index (χ0v) is 11.2. The summed E-state index contributed by atoms with van der Waals surface area (Å²) in [7, 11) is 0. The number of ether oxygens (including phenoxy) is 2. The Morgan fingerprint density at radius 3 is 2.85 bits per heavy atom. The molecule has 0 spiro atoms. The summed E-state index contributed by atoms with van der Waals surface area (Å²) in [4.78, 5) is 23.5. The highest BCUT2D eigenvalue weighted by molar-refractivity contribution is 5.92. The Labute approximate surface area is 116 Å². The molecule has 1 unspecified atom stereocenters. The van der Waals surface area contributed by atoms with Crippen molar-refractivity contribution in [3.8, 4) is 0 Å². The summed E-state index contributed by atoms with van der Waals surface area (Å²) in [6.45, 7) is 2.06. The molecule has 1 N–H and O–H groups in total. The van der Waals surface area contributed by atoms with E-state index in [0.717, 1.165) is 10.5 Å². The van der Waals surface area contributed by atoms with Crippen molar-refractivity contribution in [2.75, 3.05) is 13.2 Å². The van der Waals surface area contributed by atoms with Gasteiger partial charge < -0.3 is 14.6 Å². The van der Waals surface area contributed by atoms with E-state index in [4.69, 9.17) is 14.6 Å². The van der Waals surface area contributed by atoms with Gasteiger partial charge in [-0.25, -0.2) is 9.69 Å². The molecule has 1 saturated heterocycles. The molecule has 2 atom stereocenters. The maximum atomic E-state index is 11.6. The number of nitrogens with zero attached hydrogens (tertiary/aromatic N) is 1. The van der Waals surface area contributed by atoms with Crippen LogP contribution in [0.25, 0.3) is 0 Å². The first-order valence-corrected chi connectivity index (χ1v) is 6.38. The fourth-order valence-corrected chi connectivity index (χ4v) is 2.10. The number of rotatable bonds is 4. The van der Waals surface area contributed by atoms with Crippen LogP contribution >= 0.6 is 0 Å². The highest BCUT2D eigenvalue weighted by Crippen LogP contribution is 2.16. The molecule has 0 aliphatic carbocycles. The van der Waals surface area contributed by atoms with Crippen LogP contribution in [-0.2, 0) is 20.9 Å². The molecule has 2 amide bonds. The number of carboxylic acid groups (broad SMARTS) is 1. The number of hydrogen-bond donors (Lipinski definition) is 1. The van der Waals surface area contributed by atoms with E-state index in [1.165, 1.54) is 0 Å². The highest BCUT2D eigenvalue weighted by atomic mass is 16.5. The molecular weight excluding hydrogens is 262 g/mol. The summed E-state index contributed by atoms with van der Waals surface area (Å²) in [6, 6.07) is 8.94. The van der Waals surface area contributed by atoms with Crippen molar-refractivity contribution in [2.24, 2.45) is 0 Å². The smallest absolute Gasteiger partial charge is 0.414 e. The molecular formula is C14H17NO5. The third kappa shape index (κ3) is 3.34. The summed E-state index contributed by atoms with van der Waals surface area (Å²) in [5, 5.41) is 9.11. The Bertz CT molecular complexity index is 476. The SMILES string of the molecule is C[C@@H](OCc1ccccc1)C1COCC(=O)N1C(=O)O. The maximum absolute atomic E-state index is 11.6. The predicted octanol–water partition coefficient (Wildman–Crippen LogP) is 1.50. The van der Waals surface area contributed by atoms with E-state index >= 15 is 0 Å². The molecule has 1 aromatic rings. The zero-order chi connectivity index (χ0) is 14.5. The van der Waals surface area contributed by atoms with Crippen LogP contribution in [0.2, 0.25) is 0 Å². The molecule has 6 nitrogen and oxygen atoms in total. The first kappa shape index (κ1) is 14.5. The van der Waals surface area contributed by atoms with Gasteiger partial charge in [-0.15, -0.1) is 0 Å². The van der Waals surface area contributed by atoms with Gasteiger partial charge in [-0.2, -0.15) is 0 Å². The first-order chi connectivity index (χ1) is 9.59. The Morgan fingerprint density at radius 1 is 1.50 bits per heavy atom. The lowest BCUT2D eigenvalue weighted by Crippen LogP contribution is -2.56. The largest absolute Gasteiger partial charge is 0.465 e. The van der Waals surface area contributed by atoms with Gasteiger partial charge in [0.05, 0.1) is 25.4 Å². The maximum Gasteiger partial charge on any atom is 0.414 e. The monoisotopic (exact) mass is 279 g/mol. The minimum atomic E-state index is -1.27. The second-order valence-corrected chi connectivity index (χ2v) is 4.63. The van der Waals surface area contributed by atoms with Gasteiger partial charge in [0.15, 0.2) is 0 Å². The Hall–Kier alpha value is -1.92. The Balaban J connectivity index is 1.98. The van der Waals surface area contributed by atoms with Crippen LogP contribution in [0, 0.1) is 0 Å². The van der Waals surface area contributed by atoms with E-state index in [2.05, 4.69) is 0 Å². The van der Waals surface area contributed by atoms with Crippen LogP contribution in [0.3, 0.4) is 0 Å². The van der Waals surface area contributed by atoms with Crippen molar-refractivity contribution >= 4 is 12.0 Å². The van der Waals surface area contributed by atoms with Crippen LogP contribution < -0.4 is 0 Å². The van der Waals surface area contributed by atoms with Gasteiger partial charge >= 0.3 is 6.09 Å². The molecule has 2 rings (SSSR count). The van der Waals surface area contributed by atoms with E-state index in [9.17, 15) is 9.59 Å². The van der Waals surface area contributed by atoms with Crippen molar-refractivity contribution in [1.29, 1.82) is 0 Å². The number of carbonyl (C=O) groups excluding carboxylic acids is 1. The highest BCUT2D eigenvalue weighted by Gasteiger charge is 2.37. The van der Waals surface area contributed by atoms with E-state index in [0.29, 0.717) is 6.61 Å². The first-order valence-electron chi connectivity index (χ1n) is 6.38. The quantitative estimate of drug-likeness (QED) is 0.903. The molecule has 1 fully saturated rings. The van der Waals surface area contributed by atoms with Gasteiger partial charge in [-0.1, -0.05) is 30.3 Å². The van der Waals surface area contributed by atoms with Crippen molar-refractivity contribution in [2.45, 2.75) is 25.7 Å². The standard InChI is InChI=1S/C14H17NO5/c1-10(20-7-11-5-3-2-4-6-11)12-8-19-9-13(16)15(12)14(17)18/h2-6,10,12H,7-9H2,1H3,(H,17,18)/t10-,12?/m1/s1. The van der Waals surface area contributed by atoms with Gasteiger partial charge in [0.25, 0.3) is 5.91 Å². The molecule has 1 heterocycles. The summed E-state index contributed by atoms with van der Waals surface area (Å²) in [6.07, 6.45) is -1.70. The van der Waals surface area contributed by atoms with E-state index < -0.39 is 24.1 Å². The van der Waals surface area contributed by atoms with Crippen LogP contribution in [-0.4, -0.2) is 47.4 Å². The summed E-state index contributed by atoms with van der Waals surface area (Å²) < 4.78 is 10.8. The molecule has 108 valence electrons. The van der Waals surface area contributed by atoms with Gasteiger partial charge in [0.2, 0.25) is 0 Å². The van der Waals surface area contributed by atoms with Gasteiger partial charge in [0, 0.05) is 0 Å². The van der Waals surface area contributed by atoms with Gasteiger partial charge in [0.1, 0.15) is 6.61 Å². The Kier molecular flexibility index (Phi) is 4.70. The molecule has 0 saturated carbocycles. The lowest BCUT2D eigenvalue weighted by Gasteiger charge is -2.35. The molecule has 1 aliphatic rings. The van der Waals surface area contributed by atoms with E-state index in [1.807, 2.05) is 30.3 Å². The number of morpholine rings is 1. The molecule has 20 heavy (non-hydrogen) atoms. The number of amides is 2. The number of imide groups is 1. The van der Waals surface area contributed by atoms with E-state index in [-0.39, 0.29) is 13.2 Å². The lowest BCUT2D eigenvalue weighted by molar-refractivity contribution is -0.151. The predicted molar refractivity (Wildman–Crippen MR) is 70.2 cm³/mol. The normalized spacial score (nSPS) is 20.8. The molecule has 0 bridgehead atoms. The second-order valence-electron chi connectivity index (χ2n) is 4.63. The van der Waals surface area contributed by atoms with Crippen LogP contribution in [0.5, 0.6) is 0 Å². The van der Waals surface area contributed by atoms with E-state index in [1.54, 1.807) is 6.92 Å². The topological polar surface area (TPSA) is 76.1 Å². The Morgan fingerprint density at radius 2 is 2.20 bits per heavy atom. The minimum Gasteiger partial charge on any atom is -0.465 e. The lowest BCUT2D eigenvalue weighted by atomic mass is 10.1. The third-order valence-electron chi connectivity index (χ3n) is 3.22. The van der Waals surface area contributed by atoms with Crippen LogP contribution in [0.15, 0.2) is 30.3 Å². The van der Waals surface area contributed by atoms with Crippen molar-refractivity contribution in [1.82, 2.24) is 4.90 Å². The van der Waals surface area contributed by atoms with Crippen molar-refractivity contribution in [3.05, 3.63) is 35.9 Å². The molecule has 0 radical (unpaired) electrons.